The fourth-order valence-corrected chi connectivity index (χ4v) is 8.68. The molecule has 0 saturated carbocycles. The first-order valence-corrected chi connectivity index (χ1v) is 18.6. The summed E-state index contributed by atoms with van der Waals surface area (Å²) in [5, 5.41) is 13.6. The van der Waals surface area contributed by atoms with Crippen molar-refractivity contribution in [3.05, 3.63) is 200 Å². The van der Waals surface area contributed by atoms with E-state index in [0.29, 0.717) is 0 Å². The van der Waals surface area contributed by atoms with Crippen LogP contribution in [0.15, 0.2) is 200 Å². The van der Waals surface area contributed by atoms with Gasteiger partial charge in [-0.05, 0) is 94.0 Å². The predicted molar refractivity (Wildman–Crippen MR) is 231 cm³/mol. The standard InChI is InChI=1S/C53H33N/c1-4-16-41-35(11-1)14-9-21-44(41)51-46-19-7-8-20-47(46)52(45-22-10-15-36-12-2-5-17-42(36)45)49-33-40(29-31-48(49)51)34-23-26-38(27-24-34)50-32-30-39-28-25-37-13-3-6-18-43(37)53(39)54-50/h1-33H. The minimum Gasteiger partial charge on any atom is -0.247 e. The Morgan fingerprint density at radius 3 is 1.35 bits per heavy atom. The molecule has 0 spiro atoms. The zero-order chi connectivity index (χ0) is 35.6. The lowest BCUT2D eigenvalue weighted by atomic mass is 9.83. The van der Waals surface area contributed by atoms with Gasteiger partial charge >= 0.3 is 0 Å². The van der Waals surface area contributed by atoms with Gasteiger partial charge in [0.25, 0.3) is 0 Å². The van der Waals surface area contributed by atoms with Crippen molar-refractivity contribution < 1.29 is 0 Å². The molecule has 1 nitrogen and oxygen atoms in total. The third-order valence-electron chi connectivity index (χ3n) is 11.2. The molecule has 0 aliphatic carbocycles. The van der Waals surface area contributed by atoms with Gasteiger partial charge in [0, 0.05) is 16.3 Å². The van der Waals surface area contributed by atoms with Crippen molar-refractivity contribution in [2.45, 2.75) is 0 Å². The van der Waals surface area contributed by atoms with Crippen molar-refractivity contribution in [1.29, 1.82) is 0 Å². The van der Waals surface area contributed by atoms with Crippen LogP contribution in [0.3, 0.4) is 0 Å². The van der Waals surface area contributed by atoms with Gasteiger partial charge in [-0.3, -0.25) is 0 Å². The first-order valence-electron chi connectivity index (χ1n) is 18.6. The van der Waals surface area contributed by atoms with Gasteiger partial charge in [0.05, 0.1) is 11.2 Å². The van der Waals surface area contributed by atoms with Gasteiger partial charge in [0.15, 0.2) is 0 Å². The van der Waals surface area contributed by atoms with E-state index in [1.807, 2.05) is 0 Å². The van der Waals surface area contributed by atoms with Crippen LogP contribution in [-0.4, -0.2) is 4.98 Å². The summed E-state index contributed by atoms with van der Waals surface area (Å²) in [4.78, 5) is 5.18. The normalized spacial score (nSPS) is 11.7. The first kappa shape index (κ1) is 30.5. The van der Waals surface area contributed by atoms with Crippen LogP contribution < -0.4 is 0 Å². The van der Waals surface area contributed by atoms with Crippen LogP contribution in [0.1, 0.15) is 0 Å². The zero-order valence-electron chi connectivity index (χ0n) is 29.5. The molecule has 10 aromatic carbocycles. The van der Waals surface area contributed by atoms with Crippen molar-refractivity contribution in [2.75, 3.05) is 0 Å². The maximum Gasteiger partial charge on any atom is 0.0787 e. The lowest BCUT2D eigenvalue weighted by Crippen LogP contribution is -1.93. The van der Waals surface area contributed by atoms with E-state index in [1.54, 1.807) is 0 Å². The van der Waals surface area contributed by atoms with E-state index < -0.39 is 0 Å². The van der Waals surface area contributed by atoms with Crippen LogP contribution in [0.25, 0.3) is 109 Å². The summed E-state index contributed by atoms with van der Waals surface area (Å²) < 4.78 is 0. The van der Waals surface area contributed by atoms with Crippen molar-refractivity contribution in [3.63, 3.8) is 0 Å². The molecular formula is C53H33N. The van der Waals surface area contributed by atoms with E-state index in [4.69, 9.17) is 4.98 Å². The van der Waals surface area contributed by atoms with Crippen molar-refractivity contribution >= 4 is 64.8 Å². The number of hydrogen-bond donors (Lipinski definition) is 0. The molecule has 1 heteroatoms. The molecule has 54 heavy (non-hydrogen) atoms. The molecule has 0 amide bonds. The van der Waals surface area contributed by atoms with Gasteiger partial charge in [-0.25, -0.2) is 4.98 Å². The highest BCUT2D eigenvalue weighted by molar-refractivity contribution is 6.25. The Hall–Kier alpha value is -7.09. The summed E-state index contributed by atoms with van der Waals surface area (Å²) in [7, 11) is 0. The van der Waals surface area contributed by atoms with Gasteiger partial charge in [0.1, 0.15) is 0 Å². The van der Waals surface area contributed by atoms with Gasteiger partial charge in [-0.15, -0.1) is 0 Å². The minimum absolute atomic E-state index is 0.980. The summed E-state index contributed by atoms with van der Waals surface area (Å²) in [6.45, 7) is 0. The Morgan fingerprint density at radius 1 is 0.259 bits per heavy atom. The maximum absolute atomic E-state index is 5.18. The van der Waals surface area contributed by atoms with E-state index in [9.17, 15) is 0 Å². The first-order chi connectivity index (χ1) is 26.8. The average Bonchev–Trinajstić information content (AvgIpc) is 3.25. The molecule has 0 bridgehead atoms. The highest BCUT2D eigenvalue weighted by atomic mass is 14.7. The second-order valence-electron chi connectivity index (χ2n) is 14.2. The second kappa shape index (κ2) is 12.3. The predicted octanol–water partition coefficient (Wildman–Crippen LogP) is 14.7. The molecule has 0 radical (unpaired) electrons. The Balaban J connectivity index is 1.14. The van der Waals surface area contributed by atoms with Crippen molar-refractivity contribution in [1.82, 2.24) is 4.98 Å². The fourth-order valence-electron chi connectivity index (χ4n) is 8.68. The zero-order valence-corrected chi connectivity index (χ0v) is 29.5. The van der Waals surface area contributed by atoms with Gasteiger partial charge < -0.3 is 0 Å². The maximum atomic E-state index is 5.18. The summed E-state index contributed by atoms with van der Waals surface area (Å²) in [5.41, 5.74) is 10.5. The van der Waals surface area contributed by atoms with E-state index in [2.05, 4.69) is 200 Å². The Morgan fingerprint density at radius 2 is 0.704 bits per heavy atom. The summed E-state index contributed by atoms with van der Waals surface area (Å²) in [6.07, 6.45) is 0. The summed E-state index contributed by atoms with van der Waals surface area (Å²) in [5.74, 6) is 0. The molecule has 1 heterocycles. The number of rotatable bonds is 4. The molecule has 11 aromatic rings. The van der Waals surface area contributed by atoms with Crippen LogP contribution in [0, 0.1) is 0 Å². The molecule has 0 aliphatic heterocycles. The quantitative estimate of drug-likeness (QED) is 0.133. The Bertz CT molecular complexity index is 3250. The van der Waals surface area contributed by atoms with Crippen LogP contribution in [0.2, 0.25) is 0 Å². The smallest absolute Gasteiger partial charge is 0.0787 e. The molecule has 0 N–H and O–H groups in total. The van der Waals surface area contributed by atoms with Crippen LogP contribution in [0.5, 0.6) is 0 Å². The number of fused-ring (bicyclic) bond motifs is 7. The minimum atomic E-state index is 0.980. The average molecular weight is 684 g/mol. The third kappa shape index (κ3) is 4.83. The molecule has 0 atom stereocenters. The lowest BCUT2D eigenvalue weighted by Gasteiger charge is -2.20. The second-order valence-corrected chi connectivity index (χ2v) is 14.2. The monoisotopic (exact) mass is 683 g/mol. The van der Waals surface area contributed by atoms with E-state index in [-0.39, 0.29) is 0 Å². The highest BCUT2D eigenvalue weighted by Gasteiger charge is 2.20. The number of hydrogen-bond acceptors (Lipinski definition) is 1. The van der Waals surface area contributed by atoms with Crippen molar-refractivity contribution in [3.8, 4) is 44.6 Å². The molecule has 11 rings (SSSR count). The number of aromatic nitrogens is 1. The van der Waals surface area contributed by atoms with Crippen molar-refractivity contribution in [2.24, 2.45) is 0 Å². The SMILES string of the molecule is c1ccc2c(-c3c4ccccc4c(-c4cccc5ccccc45)c4cc(-c5ccc(-c6ccc7ccc8ccccc8c7n6)cc5)ccc34)cccc2c1. The number of nitrogens with zero attached hydrogens (tertiary/aromatic N) is 1. The molecule has 1 aromatic heterocycles. The Kier molecular flexibility index (Phi) is 6.93. The topological polar surface area (TPSA) is 12.9 Å². The summed E-state index contributed by atoms with van der Waals surface area (Å²) in [6, 6.07) is 73.0. The van der Waals surface area contributed by atoms with Crippen LogP contribution in [-0.2, 0) is 0 Å². The molecule has 0 saturated heterocycles. The molecule has 0 fully saturated rings. The van der Waals surface area contributed by atoms with E-state index in [1.165, 1.54) is 87.2 Å². The van der Waals surface area contributed by atoms with Gasteiger partial charge in [0.2, 0.25) is 0 Å². The van der Waals surface area contributed by atoms with Crippen LogP contribution >= 0.6 is 0 Å². The van der Waals surface area contributed by atoms with E-state index >= 15 is 0 Å². The molecule has 250 valence electrons. The lowest BCUT2D eigenvalue weighted by molar-refractivity contribution is 1.41. The fraction of sp³-hybridized carbons (Fsp3) is 0. The highest BCUT2D eigenvalue weighted by Crippen LogP contribution is 2.47. The largest absolute Gasteiger partial charge is 0.247 e. The van der Waals surface area contributed by atoms with Gasteiger partial charge in [-0.1, -0.05) is 188 Å². The number of benzene rings is 10. The third-order valence-corrected chi connectivity index (χ3v) is 11.2. The molecular weight excluding hydrogens is 651 g/mol. The molecule has 0 aliphatic rings. The summed E-state index contributed by atoms with van der Waals surface area (Å²) >= 11 is 0. The van der Waals surface area contributed by atoms with Gasteiger partial charge in [-0.2, -0.15) is 0 Å². The Labute approximate surface area is 313 Å². The van der Waals surface area contributed by atoms with E-state index in [0.717, 1.165) is 22.2 Å². The number of pyridine rings is 1. The van der Waals surface area contributed by atoms with Crippen LogP contribution in [0.4, 0.5) is 0 Å². The molecule has 0 unspecified atom stereocenters.